The third kappa shape index (κ3) is 4.74. The van der Waals surface area contributed by atoms with Crippen molar-refractivity contribution in [3.05, 3.63) is 64.3 Å². The average molecular weight is 536 g/mol. The molecule has 1 aliphatic heterocycles. The summed E-state index contributed by atoms with van der Waals surface area (Å²) < 4.78 is 30.9. The fourth-order valence-electron chi connectivity index (χ4n) is 3.92. The minimum atomic E-state index is -1.13. The number of hydrogen-bond donors (Lipinski definition) is 2. The summed E-state index contributed by atoms with van der Waals surface area (Å²) in [4.78, 5) is 32.2. The first-order valence-corrected chi connectivity index (χ1v) is 11.6. The number of pyridine rings is 1. The van der Waals surface area contributed by atoms with Gasteiger partial charge in [-0.05, 0) is 37.3 Å². The van der Waals surface area contributed by atoms with Crippen molar-refractivity contribution in [2.75, 3.05) is 41.8 Å². The van der Waals surface area contributed by atoms with Gasteiger partial charge >= 0.3 is 12.1 Å². The van der Waals surface area contributed by atoms with Crippen LogP contribution in [0.1, 0.15) is 6.92 Å². The van der Waals surface area contributed by atoms with Crippen molar-refractivity contribution in [3.8, 4) is 11.1 Å². The number of hydrogen-bond acceptors (Lipinski definition) is 4. The number of carbonyl (C=O) groups is 2. The fraction of sp³-hybridized carbons (Fsp3) is 0.208. The van der Waals surface area contributed by atoms with Crippen LogP contribution in [0.4, 0.5) is 41.2 Å². The molecule has 3 amide bonds. The zero-order valence-corrected chi connectivity index (χ0v) is 20.7. The molecule has 2 aromatic carbocycles. The number of carbonyl (C=O) groups excluding carboxylic acids is 1. The van der Waals surface area contributed by atoms with Crippen molar-refractivity contribution in [2.24, 2.45) is 0 Å². The smallest absolute Gasteiger partial charge is 0.407 e. The van der Waals surface area contributed by atoms with E-state index in [2.05, 4.69) is 10.3 Å². The highest BCUT2D eigenvalue weighted by atomic mass is 35.5. The molecule has 12 heteroatoms. The zero-order valence-electron chi connectivity index (χ0n) is 19.2. The molecular formula is C24H21Cl2F2N5O3. The first kappa shape index (κ1) is 25.5. The van der Waals surface area contributed by atoms with Crippen LogP contribution in [0.3, 0.4) is 0 Å². The number of anilines is 4. The summed E-state index contributed by atoms with van der Waals surface area (Å²) in [5.74, 6) is -1.72. The molecule has 0 fully saturated rings. The van der Waals surface area contributed by atoms with Gasteiger partial charge in [0.15, 0.2) is 11.6 Å². The van der Waals surface area contributed by atoms with Crippen LogP contribution in [0.15, 0.2) is 42.6 Å². The quantitative estimate of drug-likeness (QED) is 0.378. The number of likely N-dealkylation sites (N-methyl/N-ethyl adjacent to an activating group) is 1. The van der Waals surface area contributed by atoms with Crippen molar-refractivity contribution >= 4 is 58.2 Å². The third-order valence-corrected chi connectivity index (χ3v) is 6.10. The van der Waals surface area contributed by atoms with E-state index in [-0.39, 0.29) is 36.0 Å². The monoisotopic (exact) mass is 535 g/mol. The minimum absolute atomic E-state index is 0.0882. The second kappa shape index (κ2) is 10.2. The molecule has 0 unspecified atom stereocenters. The summed E-state index contributed by atoms with van der Waals surface area (Å²) >= 11 is 12.4. The first-order chi connectivity index (χ1) is 17.1. The third-order valence-electron chi connectivity index (χ3n) is 5.66. The predicted molar refractivity (Wildman–Crippen MR) is 136 cm³/mol. The van der Waals surface area contributed by atoms with E-state index in [9.17, 15) is 9.59 Å². The molecule has 0 atom stereocenters. The van der Waals surface area contributed by atoms with E-state index in [1.165, 1.54) is 24.2 Å². The van der Waals surface area contributed by atoms with Crippen molar-refractivity contribution in [2.45, 2.75) is 6.92 Å². The molecule has 0 saturated carbocycles. The van der Waals surface area contributed by atoms with E-state index in [1.54, 1.807) is 25.1 Å². The van der Waals surface area contributed by atoms with Crippen molar-refractivity contribution < 1.29 is 23.5 Å². The van der Waals surface area contributed by atoms with Crippen molar-refractivity contribution in [1.29, 1.82) is 0 Å². The lowest BCUT2D eigenvalue weighted by atomic mass is 10.0. The van der Waals surface area contributed by atoms with E-state index in [0.717, 1.165) is 21.9 Å². The molecule has 0 saturated heterocycles. The van der Waals surface area contributed by atoms with Gasteiger partial charge in [-0.1, -0.05) is 29.3 Å². The number of amides is 3. The number of halogens is 4. The van der Waals surface area contributed by atoms with Gasteiger partial charge in [0, 0.05) is 54.7 Å². The fourth-order valence-corrected chi connectivity index (χ4v) is 4.25. The molecule has 1 aromatic heterocycles. The Kier molecular flexibility index (Phi) is 7.18. The predicted octanol–water partition coefficient (Wildman–Crippen LogP) is 6.45. The van der Waals surface area contributed by atoms with Crippen LogP contribution in [0.2, 0.25) is 10.0 Å². The van der Waals surface area contributed by atoms with Gasteiger partial charge in [-0.2, -0.15) is 0 Å². The molecule has 36 heavy (non-hydrogen) atoms. The zero-order chi connectivity index (χ0) is 26.1. The molecule has 0 aliphatic carbocycles. The van der Waals surface area contributed by atoms with Gasteiger partial charge in [-0.25, -0.2) is 23.4 Å². The van der Waals surface area contributed by atoms with Crippen LogP contribution in [-0.2, 0) is 0 Å². The summed E-state index contributed by atoms with van der Waals surface area (Å²) in [6.45, 7) is 2.09. The summed E-state index contributed by atoms with van der Waals surface area (Å²) in [5.41, 5.74) is 0.634. The number of aromatic nitrogens is 1. The van der Waals surface area contributed by atoms with E-state index in [0.29, 0.717) is 22.0 Å². The van der Waals surface area contributed by atoms with Crippen LogP contribution in [0.5, 0.6) is 0 Å². The highest BCUT2D eigenvalue weighted by Crippen LogP contribution is 2.46. The van der Waals surface area contributed by atoms with Crippen LogP contribution >= 0.6 is 23.2 Å². The Morgan fingerprint density at radius 3 is 2.44 bits per heavy atom. The van der Waals surface area contributed by atoms with Gasteiger partial charge in [0.25, 0.3) is 0 Å². The summed E-state index contributed by atoms with van der Waals surface area (Å²) in [6.07, 6.45) is 0.268. The SMILES string of the molecule is CCN1C(=O)N(c2c(F)cc(NCCN(C)C(=O)O)cc2F)c2cc(Cl)ccc2-c2cc(Cl)cnc21. The number of urea groups is 1. The molecule has 188 valence electrons. The molecule has 0 spiro atoms. The first-order valence-electron chi connectivity index (χ1n) is 10.9. The van der Waals surface area contributed by atoms with Gasteiger partial charge in [0.05, 0.1) is 10.7 Å². The van der Waals surface area contributed by atoms with Crippen LogP contribution in [-0.4, -0.2) is 53.8 Å². The van der Waals surface area contributed by atoms with Crippen molar-refractivity contribution in [1.82, 2.24) is 9.88 Å². The lowest BCUT2D eigenvalue weighted by molar-refractivity contribution is 0.157. The maximum absolute atomic E-state index is 15.5. The molecule has 2 N–H and O–H groups in total. The van der Waals surface area contributed by atoms with Gasteiger partial charge in [0.1, 0.15) is 11.5 Å². The van der Waals surface area contributed by atoms with Crippen molar-refractivity contribution in [3.63, 3.8) is 0 Å². The molecule has 0 bridgehead atoms. The van der Waals surface area contributed by atoms with Gasteiger partial charge in [0.2, 0.25) is 0 Å². The number of rotatable bonds is 6. The average Bonchev–Trinajstić information content (AvgIpc) is 2.91. The second-order valence-corrected chi connectivity index (χ2v) is 8.84. The molecule has 3 aromatic rings. The van der Waals surface area contributed by atoms with Gasteiger partial charge in [-0.3, -0.25) is 9.80 Å². The number of benzene rings is 2. The Hall–Kier alpha value is -3.63. The Bertz CT molecular complexity index is 1330. The standard InChI is InChI=1S/C24H21Cl2F2N5O3/c1-3-32-22-17(8-14(26)12-30-22)16-5-4-13(25)9-20(16)33(23(32)34)21-18(27)10-15(11-19(21)28)29-6-7-31(2)24(35)36/h4-5,8-12,29H,3,6-7H2,1-2H3,(H,35,36). The number of nitrogens with one attached hydrogen (secondary N) is 1. The maximum Gasteiger partial charge on any atom is 0.407 e. The highest BCUT2D eigenvalue weighted by Gasteiger charge is 2.36. The van der Waals surface area contributed by atoms with Gasteiger partial charge < -0.3 is 15.3 Å². The lowest BCUT2D eigenvalue weighted by Gasteiger charge is -2.28. The number of fused-ring (bicyclic) bond motifs is 3. The molecular weight excluding hydrogens is 515 g/mol. The largest absolute Gasteiger partial charge is 0.465 e. The highest BCUT2D eigenvalue weighted by molar-refractivity contribution is 6.32. The van der Waals surface area contributed by atoms with Crippen LogP contribution in [0.25, 0.3) is 11.1 Å². The molecule has 0 radical (unpaired) electrons. The molecule has 8 nitrogen and oxygen atoms in total. The topological polar surface area (TPSA) is 89.0 Å². The van der Waals surface area contributed by atoms with Crippen LogP contribution < -0.4 is 15.1 Å². The number of carboxylic acid groups (broad SMARTS) is 1. The Morgan fingerprint density at radius 1 is 1.11 bits per heavy atom. The summed E-state index contributed by atoms with van der Waals surface area (Å²) in [7, 11) is 1.38. The lowest BCUT2D eigenvalue weighted by Crippen LogP contribution is -2.41. The summed E-state index contributed by atoms with van der Waals surface area (Å²) in [5, 5.41) is 12.3. The molecule has 1 aliphatic rings. The van der Waals surface area contributed by atoms with Gasteiger partial charge in [-0.15, -0.1) is 0 Å². The van der Waals surface area contributed by atoms with E-state index < -0.39 is 29.4 Å². The van der Waals surface area contributed by atoms with E-state index >= 15 is 8.78 Å². The Labute approximate surface area is 215 Å². The maximum atomic E-state index is 15.5. The van der Waals surface area contributed by atoms with Crippen LogP contribution in [0, 0.1) is 11.6 Å². The Morgan fingerprint density at radius 2 is 1.81 bits per heavy atom. The normalized spacial score (nSPS) is 12.7. The van der Waals surface area contributed by atoms with E-state index in [1.807, 2.05) is 0 Å². The molecule has 4 rings (SSSR count). The molecule has 2 heterocycles. The minimum Gasteiger partial charge on any atom is -0.465 e. The second-order valence-electron chi connectivity index (χ2n) is 7.97. The van der Waals surface area contributed by atoms with E-state index in [4.69, 9.17) is 28.3 Å². The Balaban J connectivity index is 1.82. The summed E-state index contributed by atoms with van der Waals surface area (Å²) in [6, 6.07) is 7.67. The number of nitrogens with zero attached hydrogens (tertiary/aromatic N) is 4.